The minimum atomic E-state index is -0.782. The number of rotatable bonds is 4. The number of carboxylic acids is 1. The molecule has 0 spiro atoms. The van der Waals surface area contributed by atoms with Crippen molar-refractivity contribution in [1.29, 1.82) is 0 Å². The SMILES string of the molecule is CNCC(=O)N1CC(C(C)C(=O)O)C1. The molecule has 14 heavy (non-hydrogen) atoms. The van der Waals surface area contributed by atoms with Gasteiger partial charge in [0.05, 0.1) is 12.5 Å². The average Bonchev–Trinajstić information content (AvgIpc) is 2.01. The molecule has 1 rings (SSSR count). The van der Waals surface area contributed by atoms with E-state index >= 15 is 0 Å². The lowest BCUT2D eigenvalue weighted by Crippen LogP contribution is -2.55. The Hall–Kier alpha value is -1.10. The summed E-state index contributed by atoms with van der Waals surface area (Å²) in [7, 11) is 1.72. The van der Waals surface area contributed by atoms with Crippen molar-refractivity contribution >= 4 is 11.9 Å². The van der Waals surface area contributed by atoms with Gasteiger partial charge in [-0.3, -0.25) is 9.59 Å². The van der Waals surface area contributed by atoms with Crippen molar-refractivity contribution in [3.63, 3.8) is 0 Å². The van der Waals surface area contributed by atoms with Gasteiger partial charge < -0.3 is 15.3 Å². The number of nitrogens with one attached hydrogen (secondary N) is 1. The third-order valence-electron chi connectivity index (χ3n) is 2.69. The summed E-state index contributed by atoms with van der Waals surface area (Å²) < 4.78 is 0. The van der Waals surface area contributed by atoms with Crippen molar-refractivity contribution in [2.75, 3.05) is 26.7 Å². The highest BCUT2D eigenvalue weighted by Gasteiger charge is 2.36. The van der Waals surface area contributed by atoms with E-state index in [0.29, 0.717) is 19.6 Å². The molecule has 0 bridgehead atoms. The second kappa shape index (κ2) is 4.41. The van der Waals surface area contributed by atoms with Crippen LogP contribution in [0.15, 0.2) is 0 Å². The summed E-state index contributed by atoms with van der Waals surface area (Å²) in [4.78, 5) is 23.6. The molecular formula is C9H16N2O3. The minimum absolute atomic E-state index is 0.0429. The fourth-order valence-electron chi connectivity index (χ4n) is 1.50. The fourth-order valence-corrected chi connectivity index (χ4v) is 1.50. The zero-order chi connectivity index (χ0) is 10.7. The number of likely N-dealkylation sites (N-methyl/N-ethyl adjacent to an activating group) is 1. The van der Waals surface area contributed by atoms with Crippen LogP contribution >= 0.6 is 0 Å². The first-order chi connectivity index (χ1) is 6.56. The van der Waals surface area contributed by atoms with E-state index in [4.69, 9.17) is 5.11 Å². The summed E-state index contributed by atoms with van der Waals surface area (Å²) in [5, 5.41) is 11.5. The Kier molecular flexibility index (Phi) is 3.46. The Balaban J connectivity index is 2.29. The van der Waals surface area contributed by atoms with E-state index in [1.165, 1.54) is 0 Å². The smallest absolute Gasteiger partial charge is 0.306 e. The molecule has 0 aliphatic carbocycles. The molecule has 1 saturated heterocycles. The maximum atomic E-state index is 11.3. The van der Waals surface area contributed by atoms with Crippen molar-refractivity contribution in [2.24, 2.45) is 11.8 Å². The molecule has 0 aromatic carbocycles. The molecule has 0 aromatic heterocycles. The molecule has 5 heteroatoms. The van der Waals surface area contributed by atoms with Gasteiger partial charge in [0.1, 0.15) is 0 Å². The molecule has 2 N–H and O–H groups in total. The molecule has 0 aromatic rings. The minimum Gasteiger partial charge on any atom is -0.481 e. The third-order valence-corrected chi connectivity index (χ3v) is 2.69. The number of carbonyl (C=O) groups excluding carboxylic acids is 1. The first-order valence-corrected chi connectivity index (χ1v) is 4.71. The molecule has 1 aliphatic rings. The van der Waals surface area contributed by atoms with Crippen LogP contribution in [0, 0.1) is 11.8 Å². The van der Waals surface area contributed by atoms with Gasteiger partial charge in [0.25, 0.3) is 0 Å². The fraction of sp³-hybridized carbons (Fsp3) is 0.778. The Labute approximate surface area is 83.1 Å². The largest absolute Gasteiger partial charge is 0.481 e. The van der Waals surface area contributed by atoms with Gasteiger partial charge >= 0.3 is 5.97 Å². The highest BCUT2D eigenvalue weighted by atomic mass is 16.4. The summed E-state index contributed by atoms with van der Waals surface area (Å²) in [6.07, 6.45) is 0. The van der Waals surface area contributed by atoms with E-state index in [-0.39, 0.29) is 17.7 Å². The molecule has 80 valence electrons. The number of likely N-dealkylation sites (tertiary alicyclic amines) is 1. The maximum Gasteiger partial charge on any atom is 0.306 e. The lowest BCUT2D eigenvalue weighted by molar-refractivity contribution is -0.150. The summed E-state index contributed by atoms with van der Waals surface area (Å²) in [5.74, 6) is -0.973. The zero-order valence-electron chi connectivity index (χ0n) is 8.49. The van der Waals surface area contributed by atoms with Crippen LogP contribution in [0.3, 0.4) is 0 Å². The van der Waals surface area contributed by atoms with Crippen molar-refractivity contribution in [3.05, 3.63) is 0 Å². The number of carboxylic acid groups (broad SMARTS) is 1. The highest BCUT2D eigenvalue weighted by Crippen LogP contribution is 2.23. The zero-order valence-corrected chi connectivity index (χ0v) is 8.49. The standard InChI is InChI=1S/C9H16N2O3/c1-6(9(13)14)7-4-11(5-7)8(12)3-10-2/h6-7,10H,3-5H2,1-2H3,(H,13,14). The Morgan fingerprint density at radius 1 is 1.57 bits per heavy atom. The van der Waals surface area contributed by atoms with Crippen molar-refractivity contribution in [1.82, 2.24) is 10.2 Å². The second-order valence-electron chi connectivity index (χ2n) is 3.72. The lowest BCUT2D eigenvalue weighted by atomic mass is 9.87. The number of hydrogen-bond acceptors (Lipinski definition) is 3. The summed E-state index contributed by atoms with van der Waals surface area (Å²) in [6.45, 7) is 3.17. The average molecular weight is 200 g/mol. The molecule has 1 heterocycles. The summed E-state index contributed by atoms with van der Waals surface area (Å²) >= 11 is 0. The predicted molar refractivity (Wildman–Crippen MR) is 50.8 cm³/mol. The third kappa shape index (κ3) is 2.23. The van der Waals surface area contributed by atoms with Gasteiger partial charge in [0.15, 0.2) is 0 Å². The monoisotopic (exact) mass is 200 g/mol. The lowest BCUT2D eigenvalue weighted by Gasteiger charge is -2.41. The molecule has 1 amide bonds. The van der Waals surface area contributed by atoms with Crippen LogP contribution in [0.1, 0.15) is 6.92 Å². The van der Waals surface area contributed by atoms with E-state index in [0.717, 1.165) is 0 Å². The van der Waals surface area contributed by atoms with Crippen LogP contribution in [0.2, 0.25) is 0 Å². The Morgan fingerprint density at radius 3 is 2.57 bits per heavy atom. The molecule has 1 unspecified atom stereocenters. The number of aliphatic carboxylic acids is 1. The van der Waals surface area contributed by atoms with Crippen molar-refractivity contribution in [3.8, 4) is 0 Å². The van der Waals surface area contributed by atoms with E-state index in [1.54, 1.807) is 18.9 Å². The normalized spacial score (nSPS) is 18.9. The number of amides is 1. The van der Waals surface area contributed by atoms with Gasteiger partial charge in [-0.25, -0.2) is 0 Å². The second-order valence-corrected chi connectivity index (χ2v) is 3.72. The topological polar surface area (TPSA) is 69.6 Å². The van der Waals surface area contributed by atoms with Gasteiger partial charge in [-0.15, -0.1) is 0 Å². The van der Waals surface area contributed by atoms with Gasteiger partial charge in [-0.2, -0.15) is 0 Å². The summed E-state index contributed by atoms with van der Waals surface area (Å²) in [5.41, 5.74) is 0. The van der Waals surface area contributed by atoms with Gasteiger partial charge in [0.2, 0.25) is 5.91 Å². The van der Waals surface area contributed by atoms with Gasteiger partial charge in [-0.05, 0) is 7.05 Å². The maximum absolute atomic E-state index is 11.3. The molecule has 1 atom stereocenters. The van der Waals surface area contributed by atoms with E-state index in [2.05, 4.69) is 5.32 Å². The summed E-state index contributed by atoms with van der Waals surface area (Å²) in [6, 6.07) is 0. The van der Waals surface area contributed by atoms with Gasteiger partial charge in [-0.1, -0.05) is 6.92 Å². The molecule has 0 saturated carbocycles. The quantitative estimate of drug-likeness (QED) is 0.635. The van der Waals surface area contributed by atoms with Crippen molar-refractivity contribution < 1.29 is 14.7 Å². The number of nitrogens with zero attached hydrogens (tertiary/aromatic N) is 1. The first-order valence-electron chi connectivity index (χ1n) is 4.71. The van der Waals surface area contributed by atoms with Crippen LogP contribution in [0.4, 0.5) is 0 Å². The van der Waals surface area contributed by atoms with Crippen LogP contribution in [0.5, 0.6) is 0 Å². The Bertz CT molecular complexity index is 236. The van der Waals surface area contributed by atoms with E-state index in [1.807, 2.05) is 0 Å². The first kappa shape index (κ1) is 11.0. The van der Waals surface area contributed by atoms with Crippen LogP contribution in [0.25, 0.3) is 0 Å². The van der Waals surface area contributed by atoms with Crippen molar-refractivity contribution in [2.45, 2.75) is 6.92 Å². The molecule has 1 aliphatic heterocycles. The Morgan fingerprint density at radius 2 is 2.14 bits per heavy atom. The molecular weight excluding hydrogens is 184 g/mol. The van der Waals surface area contributed by atoms with Crippen LogP contribution in [-0.4, -0.2) is 48.6 Å². The highest BCUT2D eigenvalue weighted by molar-refractivity contribution is 5.79. The van der Waals surface area contributed by atoms with E-state index in [9.17, 15) is 9.59 Å². The molecule has 1 fully saturated rings. The molecule has 0 radical (unpaired) electrons. The van der Waals surface area contributed by atoms with E-state index < -0.39 is 5.97 Å². The van der Waals surface area contributed by atoms with Crippen LogP contribution in [-0.2, 0) is 9.59 Å². The molecule has 5 nitrogen and oxygen atoms in total. The van der Waals surface area contributed by atoms with Crippen LogP contribution < -0.4 is 5.32 Å². The number of hydrogen-bond donors (Lipinski definition) is 2. The number of carbonyl (C=O) groups is 2. The van der Waals surface area contributed by atoms with Gasteiger partial charge in [0, 0.05) is 19.0 Å². The predicted octanol–water partition coefficient (Wildman–Crippen LogP) is -0.615.